The molecule has 0 fully saturated rings. The Labute approximate surface area is 126 Å². The SMILES string of the molecule is C=C(N=Cc1cc(I)ccc1[N+](=O)[O-])O[Si](C)(C)C. The van der Waals surface area contributed by atoms with Crippen LogP contribution in [0.4, 0.5) is 5.69 Å². The highest BCUT2D eigenvalue weighted by Crippen LogP contribution is 2.20. The molecule has 1 rings (SSSR count). The summed E-state index contributed by atoms with van der Waals surface area (Å²) in [6, 6.07) is 4.85. The van der Waals surface area contributed by atoms with Gasteiger partial charge in [-0.25, -0.2) is 4.99 Å². The van der Waals surface area contributed by atoms with Gasteiger partial charge in [0, 0.05) is 15.9 Å². The van der Waals surface area contributed by atoms with Crippen molar-refractivity contribution in [2.45, 2.75) is 19.6 Å². The number of hydrogen-bond acceptors (Lipinski definition) is 4. The molecule has 0 spiro atoms. The van der Waals surface area contributed by atoms with Crippen LogP contribution in [0.5, 0.6) is 0 Å². The van der Waals surface area contributed by atoms with Gasteiger partial charge in [-0.05, 0) is 60.9 Å². The predicted molar refractivity (Wildman–Crippen MR) is 87.0 cm³/mol. The highest BCUT2D eigenvalue weighted by atomic mass is 127. The fourth-order valence-corrected chi connectivity index (χ4v) is 2.59. The van der Waals surface area contributed by atoms with E-state index >= 15 is 0 Å². The third-order valence-corrected chi connectivity index (χ3v) is 3.48. The average molecular weight is 390 g/mol. The molecule has 1 aromatic rings. The predicted octanol–water partition coefficient (Wildman–Crippen LogP) is 3.94. The van der Waals surface area contributed by atoms with Crippen LogP contribution in [0.25, 0.3) is 0 Å². The normalized spacial score (nSPS) is 11.6. The van der Waals surface area contributed by atoms with Crippen LogP contribution in [0.1, 0.15) is 5.56 Å². The zero-order chi connectivity index (χ0) is 14.6. The van der Waals surface area contributed by atoms with E-state index in [9.17, 15) is 10.1 Å². The van der Waals surface area contributed by atoms with E-state index in [1.807, 2.05) is 19.6 Å². The molecule has 102 valence electrons. The van der Waals surface area contributed by atoms with Crippen molar-refractivity contribution >= 4 is 42.8 Å². The van der Waals surface area contributed by atoms with E-state index in [1.165, 1.54) is 12.3 Å². The molecule has 0 bridgehead atoms. The summed E-state index contributed by atoms with van der Waals surface area (Å²) in [6.07, 6.45) is 1.42. The molecule has 0 aliphatic rings. The van der Waals surface area contributed by atoms with E-state index in [4.69, 9.17) is 4.43 Å². The number of hydrogen-bond donors (Lipinski definition) is 0. The molecular formula is C12H15IN2O3Si. The van der Waals surface area contributed by atoms with Gasteiger partial charge in [0.1, 0.15) is 0 Å². The fraction of sp³-hybridized carbons (Fsp3) is 0.250. The van der Waals surface area contributed by atoms with Gasteiger partial charge >= 0.3 is 0 Å². The van der Waals surface area contributed by atoms with Crippen molar-refractivity contribution in [3.8, 4) is 0 Å². The summed E-state index contributed by atoms with van der Waals surface area (Å²) in [7, 11) is -1.75. The maximum atomic E-state index is 10.9. The smallest absolute Gasteiger partial charge is 0.278 e. The molecule has 5 nitrogen and oxygen atoms in total. The van der Waals surface area contributed by atoms with Crippen LogP contribution in [-0.2, 0) is 4.43 Å². The highest BCUT2D eigenvalue weighted by Gasteiger charge is 2.17. The number of nitro groups is 1. The Kier molecular flexibility index (Phi) is 5.24. The molecule has 0 unspecified atom stereocenters. The van der Waals surface area contributed by atoms with Crippen LogP contribution >= 0.6 is 22.6 Å². The Morgan fingerprint density at radius 1 is 1.53 bits per heavy atom. The standard InChI is InChI=1S/C12H15IN2O3Si/c1-9(18-19(2,3)4)14-8-10-7-11(13)5-6-12(10)15(16)17/h5-8H,1H2,2-4H3. The van der Waals surface area contributed by atoms with Crippen molar-refractivity contribution in [2.75, 3.05) is 0 Å². The summed E-state index contributed by atoms with van der Waals surface area (Å²) in [5, 5.41) is 10.9. The van der Waals surface area contributed by atoms with Gasteiger partial charge < -0.3 is 4.43 Å². The van der Waals surface area contributed by atoms with E-state index in [2.05, 4.69) is 34.2 Å². The van der Waals surface area contributed by atoms with E-state index in [0.717, 1.165) is 3.57 Å². The Morgan fingerprint density at radius 2 is 2.16 bits per heavy atom. The molecule has 1 aromatic carbocycles. The number of nitrogens with zero attached hydrogens (tertiary/aromatic N) is 2. The summed E-state index contributed by atoms with van der Waals surface area (Å²) >= 11 is 2.09. The van der Waals surface area contributed by atoms with Gasteiger partial charge in [-0.15, -0.1) is 0 Å². The molecule has 0 aromatic heterocycles. The molecule has 0 amide bonds. The van der Waals surface area contributed by atoms with Crippen LogP contribution in [-0.4, -0.2) is 19.5 Å². The van der Waals surface area contributed by atoms with Gasteiger partial charge in [0.15, 0.2) is 5.88 Å². The number of rotatable bonds is 5. The second kappa shape index (κ2) is 6.28. The lowest BCUT2D eigenvalue weighted by atomic mass is 10.2. The summed E-state index contributed by atoms with van der Waals surface area (Å²) in [5.74, 6) is 0.285. The number of aliphatic imine (C=N–C) groups is 1. The van der Waals surface area contributed by atoms with Gasteiger partial charge in [0.05, 0.1) is 10.5 Å². The van der Waals surface area contributed by atoms with Crippen molar-refractivity contribution < 1.29 is 9.35 Å². The Hall–Kier alpha value is -1.22. The maximum Gasteiger partial charge on any atom is 0.278 e. The number of nitro benzene ring substituents is 1. The fourth-order valence-electron chi connectivity index (χ4n) is 1.32. The first-order valence-corrected chi connectivity index (χ1v) is 10.0. The molecule has 19 heavy (non-hydrogen) atoms. The first-order chi connectivity index (χ1) is 8.69. The molecule has 0 aliphatic heterocycles. The molecule has 0 N–H and O–H groups in total. The topological polar surface area (TPSA) is 64.7 Å². The Morgan fingerprint density at radius 3 is 2.68 bits per heavy atom. The third kappa shape index (κ3) is 5.51. The molecular weight excluding hydrogens is 375 g/mol. The number of benzene rings is 1. The summed E-state index contributed by atoms with van der Waals surface area (Å²) < 4.78 is 6.47. The van der Waals surface area contributed by atoms with Crippen LogP contribution in [0.15, 0.2) is 35.7 Å². The lowest BCUT2D eigenvalue weighted by Gasteiger charge is -2.17. The number of halogens is 1. The highest BCUT2D eigenvalue weighted by molar-refractivity contribution is 14.1. The van der Waals surface area contributed by atoms with Crippen molar-refractivity contribution in [3.63, 3.8) is 0 Å². The largest absolute Gasteiger partial charge is 0.532 e. The van der Waals surface area contributed by atoms with Crippen LogP contribution in [0, 0.1) is 13.7 Å². The van der Waals surface area contributed by atoms with Gasteiger partial charge in [-0.3, -0.25) is 10.1 Å². The molecule has 0 aliphatic carbocycles. The molecule has 0 radical (unpaired) electrons. The van der Waals surface area contributed by atoms with Crippen molar-refractivity contribution in [1.29, 1.82) is 0 Å². The van der Waals surface area contributed by atoms with Crippen molar-refractivity contribution in [1.82, 2.24) is 0 Å². The third-order valence-electron chi connectivity index (χ3n) is 1.96. The van der Waals surface area contributed by atoms with Gasteiger partial charge in [-0.2, -0.15) is 0 Å². The second-order valence-electron chi connectivity index (χ2n) is 4.83. The maximum absolute atomic E-state index is 10.9. The minimum Gasteiger partial charge on any atom is -0.532 e. The quantitative estimate of drug-likeness (QED) is 0.191. The molecule has 0 saturated heterocycles. The van der Waals surface area contributed by atoms with E-state index in [1.54, 1.807) is 12.1 Å². The Bertz CT molecular complexity index is 538. The lowest BCUT2D eigenvalue weighted by Crippen LogP contribution is -2.24. The minimum absolute atomic E-state index is 0.0185. The van der Waals surface area contributed by atoms with Gasteiger partial charge in [0.25, 0.3) is 5.69 Å². The molecule has 0 atom stereocenters. The Balaban J connectivity index is 2.95. The summed E-state index contributed by atoms with van der Waals surface area (Å²) in [4.78, 5) is 14.5. The average Bonchev–Trinajstić information content (AvgIpc) is 2.23. The first kappa shape index (κ1) is 15.8. The molecule has 7 heteroatoms. The van der Waals surface area contributed by atoms with Gasteiger partial charge in [-0.1, -0.05) is 0 Å². The zero-order valence-corrected chi connectivity index (χ0v) is 14.2. The first-order valence-electron chi connectivity index (χ1n) is 5.55. The molecule has 0 heterocycles. The minimum atomic E-state index is -1.75. The van der Waals surface area contributed by atoms with Crippen molar-refractivity contribution in [2.24, 2.45) is 4.99 Å². The van der Waals surface area contributed by atoms with Crippen LogP contribution in [0.2, 0.25) is 19.6 Å². The zero-order valence-electron chi connectivity index (χ0n) is 11.0. The van der Waals surface area contributed by atoms with Crippen LogP contribution in [0.3, 0.4) is 0 Å². The van der Waals surface area contributed by atoms with Gasteiger partial charge in [0.2, 0.25) is 8.32 Å². The second-order valence-corrected chi connectivity index (χ2v) is 10.5. The van der Waals surface area contributed by atoms with E-state index in [0.29, 0.717) is 5.56 Å². The van der Waals surface area contributed by atoms with E-state index < -0.39 is 13.2 Å². The van der Waals surface area contributed by atoms with E-state index in [-0.39, 0.29) is 11.6 Å². The lowest BCUT2D eigenvalue weighted by molar-refractivity contribution is -0.385. The monoisotopic (exact) mass is 390 g/mol. The molecule has 0 saturated carbocycles. The summed E-state index contributed by atoms with van der Waals surface area (Å²) in [5.41, 5.74) is 0.460. The van der Waals surface area contributed by atoms with Crippen molar-refractivity contribution in [3.05, 3.63) is 49.9 Å². The van der Waals surface area contributed by atoms with Crippen LogP contribution < -0.4 is 0 Å². The summed E-state index contributed by atoms with van der Waals surface area (Å²) in [6.45, 7) is 9.74.